The van der Waals surface area contributed by atoms with Gasteiger partial charge in [-0.05, 0) is 24.0 Å². The molecule has 1 heterocycles. The Bertz CT molecular complexity index is 754. The standard InChI is InChI=1S/C18H17N3O/c19-18(22)21-17(13-7-2-1-3-8-13)15-11-10-12-6-4-5-9-14(12)16(15)20-21/h1-9,15,17H,10-11H2,(H2,19,22)/t15-,17+/m0/s1. The molecule has 110 valence electrons. The monoisotopic (exact) mass is 291 g/mol. The molecule has 4 nitrogen and oxygen atoms in total. The van der Waals surface area contributed by atoms with Gasteiger partial charge in [-0.3, -0.25) is 0 Å². The van der Waals surface area contributed by atoms with E-state index >= 15 is 0 Å². The van der Waals surface area contributed by atoms with Gasteiger partial charge in [0.1, 0.15) is 0 Å². The number of aryl methyl sites for hydroxylation is 1. The SMILES string of the molecule is NC(=O)N1N=C2c3ccccc3CC[C@@H]2[C@H]1c1ccccc1. The molecule has 0 unspecified atom stereocenters. The van der Waals surface area contributed by atoms with E-state index in [1.807, 2.05) is 36.4 Å². The van der Waals surface area contributed by atoms with E-state index in [2.05, 4.69) is 23.3 Å². The lowest BCUT2D eigenvalue weighted by atomic mass is 9.77. The number of hydrazone groups is 1. The van der Waals surface area contributed by atoms with Crippen molar-refractivity contribution in [2.75, 3.05) is 0 Å². The first-order valence-corrected chi connectivity index (χ1v) is 7.56. The second-order valence-corrected chi connectivity index (χ2v) is 5.83. The number of hydrogen-bond donors (Lipinski definition) is 1. The number of urea groups is 1. The molecular weight excluding hydrogens is 274 g/mol. The smallest absolute Gasteiger partial charge is 0.335 e. The molecule has 0 spiro atoms. The maximum absolute atomic E-state index is 11.9. The van der Waals surface area contributed by atoms with Crippen LogP contribution in [0.25, 0.3) is 0 Å². The molecule has 2 aliphatic rings. The summed E-state index contributed by atoms with van der Waals surface area (Å²) in [5.41, 5.74) is 10.1. The summed E-state index contributed by atoms with van der Waals surface area (Å²) >= 11 is 0. The van der Waals surface area contributed by atoms with Gasteiger partial charge in [0.05, 0.1) is 11.8 Å². The van der Waals surface area contributed by atoms with Crippen LogP contribution in [0, 0.1) is 5.92 Å². The molecule has 2 aromatic rings. The van der Waals surface area contributed by atoms with Crippen molar-refractivity contribution in [3.63, 3.8) is 0 Å². The molecule has 0 aromatic heterocycles. The van der Waals surface area contributed by atoms with E-state index in [1.165, 1.54) is 10.6 Å². The topological polar surface area (TPSA) is 58.7 Å². The van der Waals surface area contributed by atoms with Gasteiger partial charge in [0.2, 0.25) is 0 Å². The molecule has 0 saturated carbocycles. The normalized spacial score (nSPS) is 22.7. The van der Waals surface area contributed by atoms with Gasteiger partial charge in [0.25, 0.3) is 0 Å². The lowest BCUT2D eigenvalue weighted by Crippen LogP contribution is -2.35. The average molecular weight is 291 g/mol. The van der Waals surface area contributed by atoms with Crippen LogP contribution in [0.3, 0.4) is 0 Å². The van der Waals surface area contributed by atoms with Crippen LogP contribution < -0.4 is 5.73 Å². The predicted octanol–water partition coefficient (Wildman–Crippen LogP) is 3.09. The first-order valence-electron chi connectivity index (χ1n) is 7.56. The summed E-state index contributed by atoms with van der Waals surface area (Å²) in [6.07, 6.45) is 2.00. The van der Waals surface area contributed by atoms with Crippen LogP contribution in [0.4, 0.5) is 4.79 Å². The first-order chi connectivity index (χ1) is 10.8. The zero-order valence-corrected chi connectivity index (χ0v) is 12.1. The predicted molar refractivity (Wildman–Crippen MR) is 85.4 cm³/mol. The molecule has 2 N–H and O–H groups in total. The van der Waals surface area contributed by atoms with E-state index in [9.17, 15) is 4.79 Å². The van der Waals surface area contributed by atoms with Crippen molar-refractivity contribution in [1.82, 2.24) is 5.01 Å². The van der Waals surface area contributed by atoms with Crippen molar-refractivity contribution in [3.05, 3.63) is 71.3 Å². The molecule has 1 aliphatic heterocycles. The molecule has 2 amide bonds. The minimum absolute atomic E-state index is 0.0953. The Morgan fingerprint density at radius 3 is 2.59 bits per heavy atom. The third-order valence-corrected chi connectivity index (χ3v) is 4.60. The summed E-state index contributed by atoms with van der Waals surface area (Å²) in [6, 6.07) is 17.8. The van der Waals surface area contributed by atoms with Gasteiger partial charge >= 0.3 is 6.03 Å². The quantitative estimate of drug-likeness (QED) is 0.862. The van der Waals surface area contributed by atoms with Crippen molar-refractivity contribution < 1.29 is 4.79 Å². The Balaban J connectivity index is 1.82. The van der Waals surface area contributed by atoms with Gasteiger partial charge in [0, 0.05) is 11.5 Å². The molecule has 0 bridgehead atoms. The number of rotatable bonds is 1. The average Bonchev–Trinajstić information content (AvgIpc) is 2.96. The number of fused-ring (bicyclic) bond motifs is 3. The molecule has 0 saturated heterocycles. The molecule has 4 rings (SSSR count). The fourth-order valence-corrected chi connectivity index (χ4v) is 3.63. The second kappa shape index (κ2) is 4.98. The fourth-order valence-electron chi connectivity index (χ4n) is 3.63. The number of nitrogens with zero attached hydrogens (tertiary/aromatic N) is 2. The fraction of sp³-hybridized carbons (Fsp3) is 0.222. The maximum Gasteiger partial charge on any atom is 0.335 e. The number of benzene rings is 2. The van der Waals surface area contributed by atoms with Crippen LogP contribution in [0.2, 0.25) is 0 Å². The summed E-state index contributed by atoms with van der Waals surface area (Å²) < 4.78 is 0. The molecule has 0 radical (unpaired) electrons. The molecule has 2 atom stereocenters. The number of hydrogen-bond acceptors (Lipinski definition) is 2. The zero-order chi connectivity index (χ0) is 15.1. The molecule has 22 heavy (non-hydrogen) atoms. The largest absolute Gasteiger partial charge is 0.350 e. The summed E-state index contributed by atoms with van der Waals surface area (Å²) in [5, 5.41) is 6.04. The second-order valence-electron chi connectivity index (χ2n) is 5.83. The van der Waals surface area contributed by atoms with E-state index in [1.54, 1.807) is 0 Å². The van der Waals surface area contributed by atoms with Crippen LogP contribution in [-0.4, -0.2) is 16.8 Å². The maximum atomic E-state index is 11.9. The third kappa shape index (κ3) is 1.91. The van der Waals surface area contributed by atoms with E-state index < -0.39 is 6.03 Å². The van der Waals surface area contributed by atoms with Gasteiger partial charge in [-0.2, -0.15) is 5.10 Å². The number of carbonyl (C=O) groups is 1. The van der Waals surface area contributed by atoms with Crippen LogP contribution in [0.15, 0.2) is 59.7 Å². The van der Waals surface area contributed by atoms with E-state index in [0.29, 0.717) is 0 Å². The van der Waals surface area contributed by atoms with Crippen molar-refractivity contribution in [2.24, 2.45) is 16.8 Å². The first kappa shape index (κ1) is 13.1. The van der Waals surface area contributed by atoms with Crippen LogP contribution in [0.5, 0.6) is 0 Å². The highest BCUT2D eigenvalue weighted by atomic mass is 16.2. The highest BCUT2D eigenvalue weighted by molar-refractivity contribution is 6.06. The van der Waals surface area contributed by atoms with E-state index in [-0.39, 0.29) is 12.0 Å². The Morgan fingerprint density at radius 2 is 1.82 bits per heavy atom. The van der Waals surface area contributed by atoms with Crippen LogP contribution >= 0.6 is 0 Å². The lowest BCUT2D eigenvalue weighted by molar-refractivity contribution is 0.184. The van der Waals surface area contributed by atoms with Gasteiger partial charge in [-0.1, -0.05) is 54.6 Å². The van der Waals surface area contributed by atoms with E-state index in [0.717, 1.165) is 29.7 Å². The molecule has 2 aromatic carbocycles. The minimum Gasteiger partial charge on any atom is -0.350 e. The summed E-state index contributed by atoms with van der Waals surface area (Å²) in [5.74, 6) is 0.213. The number of carbonyl (C=O) groups excluding carboxylic acids is 1. The highest BCUT2D eigenvalue weighted by Crippen LogP contribution is 2.42. The van der Waals surface area contributed by atoms with Crippen molar-refractivity contribution in [2.45, 2.75) is 18.9 Å². The summed E-state index contributed by atoms with van der Waals surface area (Å²) in [7, 11) is 0. The Hall–Kier alpha value is -2.62. The highest BCUT2D eigenvalue weighted by Gasteiger charge is 2.43. The van der Waals surface area contributed by atoms with Gasteiger partial charge in [-0.15, -0.1) is 0 Å². The summed E-state index contributed by atoms with van der Waals surface area (Å²) in [6.45, 7) is 0. The van der Waals surface area contributed by atoms with E-state index in [4.69, 9.17) is 5.73 Å². The van der Waals surface area contributed by atoms with Gasteiger partial charge < -0.3 is 5.73 Å². The zero-order valence-electron chi connectivity index (χ0n) is 12.1. The lowest BCUT2D eigenvalue weighted by Gasteiger charge is -2.28. The molecular formula is C18H17N3O. The molecule has 4 heteroatoms. The number of primary amides is 1. The van der Waals surface area contributed by atoms with Gasteiger partial charge in [0.15, 0.2) is 0 Å². The molecule has 1 aliphatic carbocycles. The van der Waals surface area contributed by atoms with Crippen molar-refractivity contribution in [1.29, 1.82) is 0 Å². The summed E-state index contributed by atoms with van der Waals surface area (Å²) in [4.78, 5) is 11.9. The van der Waals surface area contributed by atoms with Crippen LogP contribution in [-0.2, 0) is 6.42 Å². The minimum atomic E-state index is -0.492. The van der Waals surface area contributed by atoms with Crippen molar-refractivity contribution in [3.8, 4) is 0 Å². The van der Waals surface area contributed by atoms with Crippen molar-refractivity contribution >= 4 is 11.7 Å². The Labute approximate surface area is 129 Å². The Kier molecular flexibility index (Phi) is 2.96. The number of nitrogens with two attached hydrogens (primary N) is 1. The van der Waals surface area contributed by atoms with Crippen LogP contribution in [0.1, 0.15) is 29.2 Å². The third-order valence-electron chi connectivity index (χ3n) is 4.60. The van der Waals surface area contributed by atoms with Gasteiger partial charge in [-0.25, -0.2) is 9.80 Å². The molecule has 0 fully saturated rings. The number of amides is 2. The Morgan fingerprint density at radius 1 is 1.09 bits per heavy atom.